The number of nitrogens with one attached hydrogen (secondary N) is 3. The lowest BCUT2D eigenvalue weighted by Gasteiger charge is -2.32. The van der Waals surface area contributed by atoms with Crippen LogP contribution in [0.5, 0.6) is 0 Å². The quantitative estimate of drug-likeness (QED) is 0.434. The number of aliphatic imine (C=N–C) groups is 1. The lowest BCUT2D eigenvalue weighted by molar-refractivity contribution is 0.575. The number of aromatic amines is 1. The SMILES string of the molecule is CNCC(C)c1nc(C(=Nc2cc(C(C)C)c(N3CCCCC3)cc2C)C(=N)C(C)(C)C)n[nH]1. The van der Waals surface area contributed by atoms with Gasteiger partial charge < -0.3 is 15.6 Å². The Hall–Kier alpha value is -2.54. The van der Waals surface area contributed by atoms with Crippen LogP contribution in [0.25, 0.3) is 0 Å². The van der Waals surface area contributed by atoms with Gasteiger partial charge in [-0.2, -0.15) is 5.10 Å². The van der Waals surface area contributed by atoms with Crippen LogP contribution in [0.1, 0.15) is 95.4 Å². The number of aromatic nitrogens is 3. The van der Waals surface area contributed by atoms with E-state index in [4.69, 9.17) is 15.4 Å². The second-order valence-electron chi connectivity index (χ2n) is 11.0. The van der Waals surface area contributed by atoms with E-state index in [0.29, 0.717) is 23.2 Å². The van der Waals surface area contributed by atoms with Gasteiger partial charge in [-0.05, 0) is 62.4 Å². The van der Waals surface area contributed by atoms with Crippen molar-refractivity contribution in [3.8, 4) is 0 Å². The van der Waals surface area contributed by atoms with E-state index in [9.17, 15) is 0 Å². The fourth-order valence-corrected chi connectivity index (χ4v) is 4.39. The molecule has 0 radical (unpaired) electrons. The van der Waals surface area contributed by atoms with Crippen LogP contribution in [0.4, 0.5) is 11.4 Å². The summed E-state index contributed by atoms with van der Waals surface area (Å²) in [6.45, 7) is 17.8. The Morgan fingerprint density at radius 2 is 1.85 bits per heavy atom. The number of hydrogen-bond acceptors (Lipinski definition) is 6. The smallest absolute Gasteiger partial charge is 0.201 e. The third-order valence-electron chi connectivity index (χ3n) is 6.57. The highest BCUT2D eigenvalue weighted by Gasteiger charge is 2.27. The van der Waals surface area contributed by atoms with Crippen molar-refractivity contribution in [3.05, 3.63) is 34.9 Å². The average Bonchev–Trinajstić information content (AvgIpc) is 3.28. The molecule has 1 aliphatic rings. The fourth-order valence-electron chi connectivity index (χ4n) is 4.39. The van der Waals surface area contributed by atoms with Crippen molar-refractivity contribution < 1.29 is 0 Å². The summed E-state index contributed by atoms with van der Waals surface area (Å²) in [5.74, 6) is 1.87. The van der Waals surface area contributed by atoms with Gasteiger partial charge in [0.25, 0.3) is 0 Å². The van der Waals surface area contributed by atoms with Crippen molar-refractivity contribution in [1.29, 1.82) is 5.41 Å². The van der Waals surface area contributed by atoms with Gasteiger partial charge in [-0.25, -0.2) is 9.98 Å². The Morgan fingerprint density at radius 1 is 1.18 bits per heavy atom. The maximum Gasteiger partial charge on any atom is 0.201 e. The Morgan fingerprint density at radius 3 is 2.44 bits per heavy atom. The molecular formula is C27H43N7. The zero-order valence-corrected chi connectivity index (χ0v) is 22.3. The van der Waals surface area contributed by atoms with E-state index in [1.165, 1.54) is 30.5 Å². The van der Waals surface area contributed by atoms with Crippen LogP contribution < -0.4 is 10.2 Å². The molecule has 3 rings (SSSR count). The second kappa shape index (κ2) is 10.8. The van der Waals surface area contributed by atoms with E-state index in [0.717, 1.165) is 36.7 Å². The summed E-state index contributed by atoms with van der Waals surface area (Å²) >= 11 is 0. The molecule has 1 aromatic heterocycles. The van der Waals surface area contributed by atoms with Gasteiger partial charge in [0.1, 0.15) is 11.5 Å². The van der Waals surface area contributed by atoms with Crippen molar-refractivity contribution in [2.24, 2.45) is 10.4 Å². The van der Waals surface area contributed by atoms with Gasteiger partial charge in [-0.15, -0.1) is 0 Å². The summed E-state index contributed by atoms with van der Waals surface area (Å²) in [5.41, 5.74) is 5.25. The minimum Gasteiger partial charge on any atom is -0.371 e. The summed E-state index contributed by atoms with van der Waals surface area (Å²) in [6, 6.07) is 4.51. The zero-order valence-electron chi connectivity index (χ0n) is 22.3. The number of hydrogen-bond donors (Lipinski definition) is 3. The maximum atomic E-state index is 8.95. The molecule has 3 N–H and O–H groups in total. The molecule has 0 bridgehead atoms. The highest BCUT2D eigenvalue weighted by Crippen LogP contribution is 2.36. The number of nitrogens with zero attached hydrogens (tertiary/aromatic N) is 4. The van der Waals surface area contributed by atoms with E-state index in [1.54, 1.807) is 0 Å². The third kappa shape index (κ3) is 5.93. The molecule has 1 fully saturated rings. The van der Waals surface area contributed by atoms with Crippen LogP contribution in [-0.2, 0) is 0 Å². The summed E-state index contributed by atoms with van der Waals surface area (Å²) < 4.78 is 0. The fraction of sp³-hybridized carbons (Fsp3) is 0.630. The van der Waals surface area contributed by atoms with E-state index in [-0.39, 0.29) is 11.3 Å². The first-order valence-corrected chi connectivity index (χ1v) is 12.7. The summed E-state index contributed by atoms with van der Waals surface area (Å²) in [7, 11) is 1.93. The molecule has 7 nitrogen and oxygen atoms in total. The van der Waals surface area contributed by atoms with Gasteiger partial charge in [0, 0.05) is 36.7 Å². The number of likely N-dealkylation sites (N-methyl/N-ethyl adjacent to an activating group) is 1. The average molecular weight is 466 g/mol. The number of anilines is 1. The van der Waals surface area contributed by atoms with Crippen molar-refractivity contribution in [1.82, 2.24) is 20.5 Å². The predicted octanol–water partition coefficient (Wildman–Crippen LogP) is 5.74. The van der Waals surface area contributed by atoms with Crippen molar-refractivity contribution in [2.45, 2.75) is 79.6 Å². The van der Waals surface area contributed by atoms with E-state index in [2.05, 4.69) is 60.2 Å². The number of aryl methyl sites for hydroxylation is 1. The summed E-state index contributed by atoms with van der Waals surface area (Å²) in [6.07, 6.45) is 3.82. The number of benzene rings is 1. The van der Waals surface area contributed by atoms with Gasteiger partial charge >= 0.3 is 0 Å². The number of rotatable bonds is 8. The Balaban J connectivity index is 2.10. The van der Waals surface area contributed by atoms with Gasteiger partial charge in [0.2, 0.25) is 5.82 Å². The van der Waals surface area contributed by atoms with Crippen LogP contribution >= 0.6 is 0 Å². The monoisotopic (exact) mass is 465 g/mol. The molecule has 34 heavy (non-hydrogen) atoms. The molecule has 0 amide bonds. The molecule has 1 unspecified atom stereocenters. The van der Waals surface area contributed by atoms with E-state index in [1.807, 2.05) is 27.8 Å². The van der Waals surface area contributed by atoms with Crippen molar-refractivity contribution >= 4 is 22.8 Å². The third-order valence-corrected chi connectivity index (χ3v) is 6.57. The molecule has 1 atom stereocenters. The van der Waals surface area contributed by atoms with Gasteiger partial charge in [0.15, 0.2) is 0 Å². The molecule has 0 spiro atoms. The Kier molecular flexibility index (Phi) is 8.29. The van der Waals surface area contributed by atoms with E-state index < -0.39 is 0 Å². The highest BCUT2D eigenvalue weighted by molar-refractivity contribution is 6.48. The molecule has 186 valence electrons. The molecule has 0 aliphatic carbocycles. The molecular weight excluding hydrogens is 422 g/mol. The number of piperidine rings is 1. The molecule has 1 aliphatic heterocycles. The number of H-pyrrole nitrogens is 1. The van der Waals surface area contributed by atoms with Crippen LogP contribution in [0, 0.1) is 17.7 Å². The van der Waals surface area contributed by atoms with Crippen molar-refractivity contribution in [2.75, 3.05) is 31.6 Å². The first kappa shape index (κ1) is 26.1. The van der Waals surface area contributed by atoms with E-state index >= 15 is 0 Å². The van der Waals surface area contributed by atoms with Crippen LogP contribution in [0.3, 0.4) is 0 Å². The zero-order chi connectivity index (χ0) is 25.0. The minimum absolute atomic E-state index is 0.189. The first-order valence-electron chi connectivity index (χ1n) is 12.7. The molecule has 1 saturated heterocycles. The Labute approximate surface area is 205 Å². The molecule has 0 saturated carbocycles. The standard InChI is InChI=1S/C27H43N7/c1-17(2)20-15-21(18(3)14-22(20)34-12-10-9-11-13-34)30-23(24(28)27(5,6)7)26-31-25(32-33-26)19(4)16-29-8/h14-15,17,19,28-29H,9-13,16H2,1-8H3,(H,31,32,33). The maximum absolute atomic E-state index is 8.95. The molecule has 2 aromatic rings. The first-order chi connectivity index (χ1) is 16.0. The van der Waals surface area contributed by atoms with Gasteiger partial charge in [-0.1, -0.05) is 41.5 Å². The highest BCUT2D eigenvalue weighted by atomic mass is 15.2. The Bertz CT molecular complexity index is 1020. The minimum atomic E-state index is -0.376. The van der Waals surface area contributed by atoms with Crippen LogP contribution in [0.2, 0.25) is 0 Å². The second-order valence-corrected chi connectivity index (χ2v) is 11.0. The molecule has 2 heterocycles. The normalized spacial score (nSPS) is 16.3. The van der Waals surface area contributed by atoms with Gasteiger partial charge in [0.05, 0.1) is 11.4 Å². The van der Waals surface area contributed by atoms with Crippen LogP contribution in [-0.4, -0.2) is 53.3 Å². The summed E-state index contributed by atoms with van der Waals surface area (Å²) in [5, 5.41) is 19.7. The lowest BCUT2D eigenvalue weighted by atomic mass is 9.86. The van der Waals surface area contributed by atoms with Gasteiger partial charge in [-0.3, -0.25) is 5.10 Å². The largest absolute Gasteiger partial charge is 0.371 e. The summed E-state index contributed by atoms with van der Waals surface area (Å²) in [4.78, 5) is 12.3. The van der Waals surface area contributed by atoms with Crippen LogP contribution in [0.15, 0.2) is 17.1 Å². The van der Waals surface area contributed by atoms with Crippen molar-refractivity contribution in [3.63, 3.8) is 0 Å². The molecule has 1 aromatic carbocycles. The molecule has 7 heteroatoms. The lowest BCUT2D eigenvalue weighted by Crippen LogP contribution is -2.30. The predicted molar refractivity (Wildman–Crippen MR) is 143 cm³/mol. The topological polar surface area (TPSA) is 93.1 Å².